The van der Waals surface area contributed by atoms with Gasteiger partial charge in [0.15, 0.2) is 6.23 Å². The smallest absolute Gasteiger partial charge is 0.380 e. The fourth-order valence-electron chi connectivity index (χ4n) is 3.76. The second-order valence-electron chi connectivity index (χ2n) is 9.41. The molecule has 1 aliphatic heterocycles. The Morgan fingerprint density at radius 2 is 1.92 bits per heavy atom. The quantitative estimate of drug-likeness (QED) is 0.268. The molecule has 38 heavy (non-hydrogen) atoms. The van der Waals surface area contributed by atoms with E-state index < -0.39 is 61.4 Å². The number of ether oxygens (including phenoxy) is 2. The van der Waals surface area contributed by atoms with Crippen molar-refractivity contribution < 1.29 is 38.1 Å². The molecule has 210 valence electrons. The molecule has 2 heterocycles. The van der Waals surface area contributed by atoms with Crippen LogP contribution in [0.1, 0.15) is 40.3 Å². The molecular weight excluding hydrogens is 543 g/mol. The van der Waals surface area contributed by atoms with E-state index in [9.17, 15) is 29.2 Å². The fraction of sp³-hybridized carbons (Fsp3) is 0.542. The first-order valence-electron chi connectivity index (χ1n) is 12.0. The third kappa shape index (κ3) is 7.13. The number of carbonyl (C=O) groups is 1. The molecule has 1 unspecified atom stereocenters. The molecule has 1 saturated heterocycles. The molecule has 14 heteroatoms. The lowest BCUT2D eigenvalue weighted by atomic mass is 9.96. The summed E-state index contributed by atoms with van der Waals surface area (Å²) in [5.41, 5.74) is -3.49. The van der Waals surface area contributed by atoms with Gasteiger partial charge in [-0.3, -0.25) is 23.7 Å². The Morgan fingerprint density at radius 3 is 2.53 bits per heavy atom. The molecule has 1 fully saturated rings. The van der Waals surface area contributed by atoms with Crippen molar-refractivity contribution in [3.63, 3.8) is 0 Å². The van der Waals surface area contributed by atoms with Crippen molar-refractivity contribution in [3.8, 4) is 5.75 Å². The summed E-state index contributed by atoms with van der Waals surface area (Å²) in [6.07, 6.45) is -3.19. The average Bonchev–Trinajstić information content (AvgIpc) is 3.07. The number of rotatable bonds is 11. The normalized spacial score (nSPS) is 26.3. The predicted molar refractivity (Wildman–Crippen MR) is 137 cm³/mol. The van der Waals surface area contributed by atoms with Gasteiger partial charge in [0.2, 0.25) is 0 Å². The van der Waals surface area contributed by atoms with Crippen molar-refractivity contribution >= 4 is 25.2 Å². The minimum atomic E-state index is -4.08. The molecule has 0 radical (unpaired) electrons. The van der Waals surface area contributed by atoms with Crippen LogP contribution in [-0.2, 0) is 23.4 Å². The molecule has 0 saturated carbocycles. The predicted octanol–water partition coefficient (Wildman–Crippen LogP) is 2.47. The molecule has 1 aromatic carbocycles. The Labute approximate surface area is 224 Å². The van der Waals surface area contributed by atoms with Gasteiger partial charge in [-0.25, -0.2) is 9.36 Å². The number of aliphatic hydroxyl groups excluding tert-OH is 1. The summed E-state index contributed by atoms with van der Waals surface area (Å²) < 4.78 is 37.1. The number of aromatic nitrogens is 2. The van der Waals surface area contributed by atoms with Crippen LogP contribution in [0.3, 0.4) is 0 Å². The zero-order valence-electron chi connectivity index (χ0n) is 21.4. The van der Waals surface area contributed by atoms with Crippen LogP contribution < -0.4 is 15.8 Å². The summed E-state index contributed by atoms with van der Waals surface area (Å²) in [6.45, 7) is 5.84. The van der Waals surface area contributed by atoms with Crippen LogP contribution in [0.5, 0.6) is 5.75 Å². The number of halogens is 1. The number of hydrogen-bond donors (Lipinski definition) is 3. The van der Waals surface area contributed by atoms with Crippen molar-refractivity contribution in [3.05, 3.63) is 62.4 Å². The van der Waals surface area contributed by atoms with E-state index in [1.807, 2.05) is 6.92 Å². The minimum absolute atomic E-state index is 0.165. The van der Waals surface area contributed by atoms with Crippen molar-refractivity contribution in [2.24, 2.45) is 5.92 Å². The maximum Gasteiger partial charge on any atom is 0.380 e. The molecule has 1 aliphatic rings. The van der Waals surface area contributed by atoms with E-state index in [4.69, 9.17) is 30.1 Å². The average molecular weight is 575 g/mol. The van der Waals surface area contributed by atoms with E-state index in [0.29, 0.717) is 11.4 Å². The van der Waals surface area contributed by atoms with E-state index in [1.165, 1.54) is 38.1 Å². The summed E-state index contributed by atoms with van der Waals surface area (Å²) in [7, 11) is -4.08. The van der Waals surface area contributed by atoms with Crippen LogP contribution >= 0.6 is 19.2 Å². The van der Waals surface area contributed by atoms with Crippen LogP contribution in [0.15, 0.2) is 46.1 Å². The number of aromatic amines is 1. The molecule has 0 bridgehead atoms. The summed E-state index contributed by atoms with van der Waals surface area (Å²) in [4.78, 5) is 38.2. The van der Waals surface area contributed by atoms with E-state index >= 15 is 0 Å². The summed E-state index contributed by atoms with van der Waals surface area (Å²) in [5.74, 6) is -1.29. The lowest BCUT2D eigenvalue weighted by Crippen LogP contribution is -2.46. The minimum Gasteiger partial charge on any atom is -0.462 e. The van der Waals surface area contributed by atoms with Gasteiger partial charge in [0.25, 0.3) is 5.56 Å². The number of esters is 1. The van der Waals surface area contributed by atoms with Crippen molar-refractivity contribution in [1.29, 1.82) is 0 Å². The monoisotopic (exact) mass is 574 g/mol. The largest absolute Gasteiger partial charge is 0.462 e. The van der Waals surface area contributed by atoms with Gasteiger partial charge >= 0.3 is 19.3 Å². The molecule has 1 aromatic heterocycles. The van der Waals surface area contributed by atoms with Gasteiger partial charge in [0, 0.05) is 17.3 Å². The summed E-state index contributed by atoms with van der Waals surface area (Å²) in [6, 6.07) is 7.06. The molecule has 0 aliphatic carbocycles. The fourth-order valence-corrected chi connectivity index (χ4v) is 5.75. The second kappa shape index (κ2) is 12.1. The van der Waals surface area contributed by atoms with Gasteiger partial charge in [-0.05, 0) is 44.5 Å². The third-order valence-electron chi connectivity index (χ3n) is 6.14. The highest BCUT2D eigenvalue weighted by Crippen LogP contribution is 2.51. The van der Waals surface area contributed by atoms with E-state index in [0.717, 1.165) is 16.8 Å². The topological polar surface area (TPSA) is 166 Å². The number of nitrogens with one attached hydrogen (secondary N) is 1. The summed E-state index contributed by atoms with van der Waals surface area (Å²) >= 11 is 5.92. The zero-order chi connectivity index (χ0) is 28.3. The van der Waals surface area contributed by atoms with Crippen molar-refractivity contribution in [1.82, 2.24) is 9.55 Å². The van der Waals surface area contributed by atoms with Gasteiger partial charge < -0.3 is 24.2 Å². The van der Waals surface area contributed by atoms with Gasteiger partial charge in [0.05, 0.1) is 24.8 Å². The highest BCUT2D eigenvalue weighted by Gasteiger charge is 2.54. The maximum atomic E-state index is 13.8. The first kappa shape index (κ1) is 30.1. The van der Waals surface area contributed by atoms with Crippen LogP contribution in [-0.4, -0.2) is 62.4 Å². The van der Waals surface area contributed by atoms with E-state index in [2.05, 4.69) is 4.98 Å². The van der Waals surface area contributed by atoms with Crippen LogP contribution in [0.4, 0.5) is 0 Å². The number of H-pyrrole nitrogens is 1. The van der Waals surface area contributed by atoms with Gasteiger partial charge in [0.1, 0.15) is 23.6 Å². The standard InChI is InChI=1S/C24H32ClN2O10P/c1-5-15(3)35-21(30)14(2)13-38(33,37-17-8-6-16(25)7-9-17)34-12-18-20(29)24(4,32)22(36-18)27-11-10-19(28)26-23(27)31/h6-11,14-15,18,20,22,29,32H,5,12-13H2,1-4H3,(H,26,28,31)/t14-,15-,18-,20-,22-,24-,38?/m1/s1. The molecule has 12 nitrogen and oxygen atoms in total. The van der Waals surface area contributed by atoms with Crippen LogP contribution in [0.2, 0.25) is 5.02 Å². The molecule has 7 atom stereocenters. The Morgan fingerprint density at radius 1 is 1.26 bits per heavy atom. The third-order valence-corrected chi connectivity index (χ3v) is 8.42. The maximum absolute atomic E-state index is 13.8. The Bertz CT molecular complexity index is 1280. The molecule has 0 amide bonds. The molecule has 3 N–H and O–H groups in total. The Balaban J connectivity index is 1.80. The van der Waals surface area contributed by atoms with Gasteiger partial charge in [-0.1, -0.05) is 25.4 Å². The Kier molecular flexibility index (Phi) is 9.62. The van der Waals surface area contributed by atoms with E-state index in [1.54, 1.807) is 6.92 Å². The Hall–Kier alpha value is -2.47. The second-order valence-corrected chi connectivity index (χ2v) is 11.9. The SMILES string of the molecule is CC[C@@H](C)OC(=O)[C@H](C)CP(=O)(OC[C@H]1O[C@@H](n2ccc(=O)[nH]c2=O)[C@](C)(O)[C@@H]1O)Oc1ccc(Cl)cc1. The number of hydrogen-bond acceptors (Lipinski definition) is 10. The number of nitrogens with zero attached hydrogens (tertiary/aromatic N) is 1. The first-order chi connectivity index (χ1) is 17.8. The van der Waals surface area contributed by atoms with Gasteiger partial charge in [-0.2, -0.15) is 0 Å². The van der Waals surface area contributed by atoms with Crippen molar-refractivity contribution in [2.45, 2.75) is 64.3 Å². The zero-order valence-corrected chi connectivity index (χ0v) is 23.1. The van der Waals surface area contributed by atoms with Crippen LogP contribution in [0.25, 0.3) is 0 Å². The van der Waals surface area contributed by atoms with Crippen LogP contribution in [0, 0.1) is 5.92 Å². The first-order valence-corrected chi connectivity index (χ1v) is 14.1. The van der Waals surface area contributed by atoms with Gasteiger partial charge in [-0.15, -0.1) is 0 Å². The molecule has 3 rings (SSSR count). The number of benzene rings is 1. The molecular formula is C24H32ClN2O10P. The highest BCUT2D eigenvalue weighted by atomic mass is 35.5. The number of carbonyl (C=O) groups excluding carboxylic acids is 1. The van der Waals surface area contributed by atoms with E-state index in [-0.39, 0.29) is 18.0 Å². The lowest BCUT2D eigenvalue weighted by molar-refractivity contribution is -0.152. The lowest BCUT2D eigenvalue weighted by Gasteiger charge is -2.27. The summed E-state index contributed by atoms with van der Waals surface area (Å²) in [5, 5.41) is 22.1. The molecule has 2 aromatic rings. The van der Waals surface area contributed by atoms with Crippen molar-refractivity contribution in [2.75, 3.05) is 12.8 Å². The molecule has 0 spiro atoms. The number of aliphatic hydroxyl groups is 2. The highest BCUT2D eigenvalue weighted by molar-refractivity contribution is 7.54.